The van der Waals surface area contributed by atoms with Gasteiger partial charge in [-0.3, -0.25) is 4.68 Å². The van der Waals surface area contributed by atoms with Crippen LogP contribution in [0.5, 0.6) is 0 Å². The molecule has 2 heterocycles. The largest absolute Gasteiger partial charge is 0.377 e. The minimum absolute atomic E-state index is 0.250. The SMILES string of the molecule is CCc1nn(C)cc1CNC1C2CCCOC2C1(C)C. The van der Waals surface area contributed by atoms with Crippen LogP contribution in [0.25, 0.3) is 0 Å². The second-order valence-electron chi connectivity index (χ2n) is 6.91. The Morgan fingerprint density at radius 1 is 1.50 bits per heavy atom. The van der Waals surface area contributed by atoms with Gasteiger partial charge in [-0.15, -0.1) is 0 Å². The maximum atomic E-state index is 5.97. The van der Waals surface area contributed by atoms with E-state index in [9.17, 15) is 0 Å². The van der Waals surface area contributed by atoms with E-state index in [0.717, 1.165) is 19.6 Å². The Bertz CT molecular complexity index is 480. The summed E-state index contributed by atoms with van der Waals surface area (Å²) in [5, 5.41) is 8.30. The third-order valence-electron chi connectivity index (χ3n) is 5.17. The van der Waals surface area contributed by atoms with Crippen LogP contribution >= 0.6 is 0 Å². The zero-order valence-corrected chi connectivity index (χ0v) is 13.1. The van der Waals surface area contributed by atoms with Crippen LogP contribution in [-0.4, -0.2) is 28.5 Å². The van der Waals surface area contributed by atoms with Crippen LogP contribution < -0.4 is 5.32 Å². The molecule has 1 aromatic rings. The Hall–Kier alpha value is -0.870. The van der Waals surface area contributed by atoms with E-state index in [1.165, 1.54) is 24.1 Å². The first-order valence-electron chi connectivity index (χ1n) is 7.90. The molecular formula is C16H27N3O. The fourth-order valence-corrected chi connectivity index (χ4v) is 4.19. The number of hydrogen-bond acceptors (Lipinski definition) is 3. The molecule has 3 atom stereocenters. The number of hydrogen-bond donors (Lipinski definition) is 1. The van der Waals surface area contributed by atoms with Crippen molar-refractivity contribution < 1.29 is 4.74 Å². The Kier molecular flexibility index (Phi) is 3.63. The van der Waals surface area contributed by atoms with Gasteiger partial charge < -0.3 is 10.1 Å². The Morgan fingerprint density at radius 3 is 3.05 bits per heavy atom. The van der Waals surface area contributed by atoms with Gasteiger partial charge >= 0.3 is 0 Å². The molecule has 3 unspecified atom stereocenters. The smallest absolute Gasteiger partial charge is 0.0684 e. The fourth-order valence-electron chi connectivity index (χ4n) is 4.19. The minimum atomic E-state index is 0.250. The van der Waals surface area contributed by atoms with Crippen molar-refractivity contribution in [2.45, 2.75) is 58.7 Å². The quantitative estimate of drug-likeness (QED) is 0.917. The van der Waals surface area contributed by atoms with Crippen LogP contribution in [0, 0.1) is 11.3 Å². The predicted molar refractivity (Wildman–Crippen MR) is 79.5 cm³/mol. The molecule has 1 saturated heterocycles. The number of nitrogens with one attached hydrogen (secondary N) is 1. The van der Waals surface area contributed by atoms with Crippen molar-refractivity contribution in [2.24, 2.45) is 18.4 Å². The highest BCUT2D eigenvalue weighted by atomic mass is 16.5. The van der Waals surface area contributed by atoms with E-state index in [0.29, 0.717) is 18.1 Å². The van der Waals surface area contributed by atoms with E-state index in [2.05, 4.69) is 37.4 Å². The van der Waals surface area contributed by atoms with Crippen molar-refractivity contribution in [3.63, 3.8) is 0 Å². The normalized spacial score (nSPS) is 31.7. The summed E-state index contributed by atoms with van der Waals surface area (Å²) in [5.74, 6) is 0.695. The molecule has 1 aliphatic carbocycles. The lowest BCUT2D eigenvalue weighted by Crippen LogP contribution is -2.69. The molecule has 0 aromatic carbocycles. The van der Waals surface area contributed by atoms with E-state index in [4.69, 9.17) is 4.74 Å². The highest BCUT2D eigenvalue weighted by Gasteiger charge is 2.57. The zero-order valence-electron chi connectivity index (χ0n) is 13.1. The maximum Gasteiger partial charge on any atom is 0.0684 e. The molecule has 20 heavy (non-hydrogen) atoms. The van der Waals surface area contributed by atoms with Crippen LogP contribution in [0.4, 0.5) is 0 Å². The summed E-state index contributed by atoms with van der Waals surface area (Å²) in [7, 11) is 2.00. The topological polar surface area (TPSA) is 39.1 Å². The highest BCUT2D eigenvalue weighted by molar-refractivity contribution is 5.18. The van der Waals surface area contributed by atoms with Gasteiger partial charge in [-0.2, -0.15) is 5.10 Å². The lowest BCUT2D eigenvalue weighted by atomic mass is 9.55. The summed E-state index contributed by atoms with van der Waals surface area (Å²) in [6.45, 7) is 8.71. The number of ether oxygens (including phenoxy) is 1. The minimum Gasteiger partial charge on any atom is -0.377 e. The van der Waals surface area contributed by atoms with Gasteiger partial charge in [-0.05, 0) is 19.3 Å². The second-order valence-corrected chi connectivity index (χ2v) is 6.91. The molecule has 0 spiro atoms. The Balaban J connectivity index is 1.66. The second kappa shape index (κ2) is 5.15. The van der Waals surface area contributed by atoms with Gasteiger partial charge in [0.1, 0.15) is 0 Å². The van der Waals surface area contributed by atoms with Gasteiger partial charge in [0.25, 0.3) is 0 Å². The zero-order chi connectivity index (χ0) is 14.3. The summed E-state index contributed by atoms with van der Waals surface area (Å²) < 4.78 is 7.89. The van der Waals surface area contributed by atoms with E-state index >= 15 is 0 Å². The van der Waals surface area contributed by atoms with Gasteiger partial charge in [0, 0.05) is 49.3 Å². The van der Waals surface area contributed by atoms with Crippen LogP contribution in [0.3, 0.4) is 0 Å². The molecule has 1 N–H and O–H groups in total. The third kappa shape index (κ3) is 2.19. The first-order valence-corrected chi connectivity index (χ1v) is 7.90. The number of rotatable bonds is 4. The molecule has 2 fully saturated rings. The van der Waals surface area contributed by atoms with Gasteiger partial charge in [-0.25, -0.2) is 0 Å². The number of nitrogens with zero attached hydrogens (tertiary/aromatic N) is 2. The predicted octanol–water partition coefficient (Wildman–Crippen LogP) is 2.28. The number of aromatic nitrogens is 2. The van der Waals surface area contributed by atoms with E-state index in [1.807, 2.05) is 11.7 Å². The highest BCUT2D eigenvalue weighted by Crippen LogP contribution is 2.51. The Morgan fingerprint density at radius 2 is 2.30 bits per heavy atom. The van der Waals surface area contributed by atoms with Crippen molar-refractivity contribution in [1.29, 1.82) is 0 Å². The van der Waals surface area contributed by atoms with Crippen LogP contribution in [-0.2, 0) is 24.8 Å². The molecule has 1 saturated carbocycles. The van der Waals surface area contributed by atoms with Crippen molar-refractivity contribution in [3.8, 4) is 0 Å². The first kappa shape index (κ1) is 14.1. The molecule has 4 heteroatoms. The molecule has 1 aliphatic heterocycles. The molecule has 0 bridgehead atoms. The fraction of sp³-hybridized carbons (Fsp3) is 0.812. The molecule has 0 amide bonds. The monoisotopic (exact) mass is 277 g/mol. The number of fused-ring (bicyclic) bond motifs is 1. The molecule has 112 valence electrons. The van der Waals surface area contributed by atoms with Crippen LogP contribution in [0.2, 0.25) is 0 Å². The average Bonchev–Trinajstić information content (AvgIpc) is 2.79. The van der Waals surface area contributed by atoms with E-state index in [1.54, 1.807) is 0 Å². The molecule has 4 nitrogen and oxygen atoms in total. The molecule has 1 aromatic heterocycles. The summed E-state index contributed by atoms with van der Waals surface area (Å²) >= 11 is 0. The van der Waals surface area contributed by atoms with E-state index < -0.39 is 0 Å². The molecular weight excluding hydrogens is 250 g/mol. The van der Waals surface area contributed by atoms with Gasteiger partial charge in [0.15, 0.2) is 0 Å². The average molecular weight is 277 g/mol. The molecule has 2 aliphatic rings. The maximum absolute atomic E-state index is 5.97. The summed E-state index contributed by atoms with van der Waals surface area (Å²) in [6, 6.07) is 0.567. The van der Waals surface area contributed by atoms with Crippen molar-refractivity contribution in [2.75, 3.05) is 6.61 Å². The Labute approximate surface area is 121 Å². The first-order chi connectivity index (χ1) is 9.54. The van der Waals surface area contributed by atoms with Crippen molar-refractivity contribution in [3.05, 3.63) is 17.5 Å². The third-order valence-corrected chi connectivity index (χ3v) is 5.17. The summed E-state index contributed by atoms with van der Waals surface area (Å²) in [5.41, 5.74) is 2.80. The van der Waals surface area contributed by atoms with Crippen LogP contribution in [0.1, 0.15) is 44.9 Å². The molecule has 0 radical (unpaired) electrons. The summed E-state index contributed by atoms with van der Waals surface area (Å²) in [6.07, 6.45) is 6.11. The van der Waals surface area contributed by atoms with Gasteiger partial charge in [0.2, 0.25) is 0 Å². The van der Waals surface area contributed by atoms with E-state index in [-0.39, 0.29) is 5.41 Å². The lowest BCUT2D eigenvalue weighted by Gasteiger charge is -2.60. The van der Waals surface area contributed by atoms with Crippen molar-refractivity contribution >= 4 is 0 Å². The lowest BCUT2D eigenvalue weighted by molar-refractivity contribution is -0.192. The van der Waals surface area contributed by atoms with Gasteiger partial charge in [0.05, 0.1) is 11.8 Å². The summed E-state index contributed by atoms with van der Waals surface area (Å²) in [4.78, 5) is 0. The number of aryl methyl sites for hydroxylation is 2. The van der Waals surface area contributed by atoms with Crippen molar-refractivity contribution in [1.82, 2.24) is 15.1 Å². The standard InChI is InChI=1S/C16H27N3O/c1-5-13-11(10-19(4)18-13)9-17-14-12-7-6-8-20-15(12)16(14,2)3/h10,12,14-15,17H,5-9H2,1-4H3. The van der Waals surface area contributed by atoms with Gasteiger partial charge in [-0.1, -0.05) is 20.8 Å². The molecule has 3 rings (SSSR count). The van der Waals surface area contributed by atoms with Crippen LogP contribution in [0.15, 0.2) is 6.20 Å².